The van der Waals surface area contributed by atoms with Crippen LogP contribution in [0.3, 0.4) is 0 Å². The number of carbonyl (C=O) groups is 6. The number of aliphatic hydroxyl groups excluding tert-OH is 2. The Kier molecular flexibility index (Phi) is 23.1. The van der Waals surface area contributed by atoms with E-state index in [9.17, 15) is 44.1 Å². The summed E-state index contributed by atoms with van der Waals surface area (Å²) in [4.78, 5) is 84.2. The predicted octanol–water partition coefficient (Wildman–Crippen LogP) is 1.11. The Morgan fingerprint density at radius 2 is 1.34 bits per heavy atom. The van der Waals surface area contributed by atoms with E-state index >= 15 is 0 Å². The third-order valence-corrected chi connectivity index (χ3v) is 10.3. The van der Waals surface area contributed by atoms with E-state index in [1.54, 1.807) is 20.9 Å². The van der Waals surface area contributed by atoms with E-state index in [2.05, 4.69) is 10.6 Å². The van der Waals surface area contributed by atoms with Crippen LogP contribution in [-0.4, -0.2) is 147 Å². The molecule has 0 fully saturated rings. The second-order valence-corrected chi connectivity index (χ2v) is 16.7. The lowest BCUT2D eigenvalue weighted by atomic mass is 9.95. The molecule has 0 unspecified atom stereocenters. The van der Waals surface area contributed by atoms with Crippen LogP contribution in [0.15, 0.2) is 0 Å². The van der Waals surface area contributed by atoms with Crippen molar-refractivity contribution in [1.82, 2.24) is 25.3 Å². The number of nitrogens with one attached hydrogen (secondary N) is 2. The maximum absolute atomic E-state index is 14.2. The third kappa shape index (κ3) is 17.8. The second kappa shape index (κ2) is 24.5. The molecule has 6 amide bonds. The summed E-state index contributed by atoms with van der Waals surface area (Å²) in [6, 6.07) is -5.21. The smallest absolute Gasteiger partial charge is 0.246 e. The molecule has 5 atom stereocenters. The van der Waals surface area contributed by atoms with Crippen molar-refractivity contribution in [1.29, 1.82) is 0 Å². The molecule has 308 valence electrons. The van der Waals surface area contributed by atoms with Crippen LogP contribution >= 0.6 is 11.8 Å². The van der Waals surface area contributed by atoms with Gasteiger partial charge in [-0.1, -0.05) is 41.0 Å². The highest BCUT2D eigenvalue weighted by Crippen LogP contribution is 2.22. The molecule has 0 radical (unpaired) electrons. The zero-order valence-corrected chi connectivity index (χ0v) is 34.8. The van der Waals surface area contributed by atoms with Gasteiger partial charge in [0, 0.05) is 58.9 Å². The fourth-order valence-electron chi connectivity index (χ4n) is 5.66. The monoisotopic (exact) mass is 774 g/mol. The van der Waals surface area contributed by atoms with Crippen molar-refractivity contribution in [2.45, 2.75) is 136 Å². The fraction of sp³-hybridized carbons (Fsp3) is 0.838. The van der Waals surface area contributed by atoms with Crippen molar-refractivity contribution >= 4 is 47.2 Å². The van der Waals surface area contributed by atoms with E-state index < -0.39 is 71.3 Å². The molecule has 7 N–H and O–H groups in total. The molecule has 0 aromatic carbocycles. The number of nitrogens with zero attached hydrogens (tertiary/aromatic N) is 3. The van der Waals surface area contributed by atoms with Crippen LogP contribution in [-0.2, 0) is 28.8 Å². The summed E-state index contributed by atoms with van der Waals surface area (Å²) in [6.45, 7) is 13.4. The van der Waals surface area contributed by atoms with Gasteiger partial charge in [-0.25, -0.2) is 0 Å². The molecular weight excluding hydrogens is 705 g/mol. The van der Waals surface area contributed by atoms with Crippen molar-refractivity contribution in [3.8, 4) is 0 Å². The lowest BCUT2D eigenvalue weighted by Gasteiger charge is -2.38. The summed E-state index contributed by atoms with van der Waals surface area (Å²) >= 11 is 1.48. The number of nitrogens with two attached hydrogens (primary N) is 1. The van der Waals surface area contributed by atoms with Crippen molar-refractivity contribution in [3.05, 3.63) is 0 Å². The molecule has 0 aromatic rings. The molecule has 0 rings (SSSR count). The first-order chi connectivity index (χ1) is 24.5. The number of primary amides is 1. The minimum Gasteiger partial charge on any atom is -0.396 e. The number of thioether (sulfide) groups is 1. The van der Waals surface area contributed by atoms with E-state index in [0.29, 0.717) is 18.6 Å². The fourth-order valence-corrected chi connectivity index (χ4v) is 6.82. The van der Waals surface area contributed by atoms with E-state index in [0.717, 1.165) is 12.8 Å². The number of amides is 6. The first kappa shape index (κ1) is 50.1. The summed E-state index contributed by atoms with van der Waals surface area (Å²) in [6.07, 6.45) is 3.12. The van der Waals surface area contributed by atoms with Gasteiger partial charge in [-0.15, -0.1) is 0 Å². The number of rotatable bonds is 26. The molecule has 0 aliphatic heterocycles. The van der Waals surface area contributed by atoms with E-state index in [4.69, 9.17) is 5.73 Å². The average molecular weight is 775 g/mol. The van der Waals surface area contributed by atoms with Crippen LogP contribution in [0.25, 0.3) is 0 Å². The molecule has 0 saturated heterocycles. The highest BCUT2D eigenvalue weighted by Gasteiger charge is 2.40. The average Bonchev–Trinajstić information content (AvgIpc) is 3.07. The summed E-state index contributed by atoms with van der Waals surface area (Å²) in [5.74, 6) is -2.98. The Morgan fingerprint density at radius 1 is 0.792 bits per heavy atom. The van der Waals surface area contributed by atoms with Crippen LogP contribution in [0.2, 0.25) is 0 Å². The Morgan fingerprint density at radius 3 is 1.81 bits per heavy atom. The lowest BCUT2D eigenvalue weighted by Crippen LogP contribution is -2.61. The number of carbonyl (C=O) groups excluding carboxylic acids is 6. The highest BCUT2D eigenvalue weighted by molar-refractivity contribution is 7.99. The Hall–Kier alpha value is -2.95. The Bertz CT molecular complexity index is 1180. The molecule has 0 heterocycles. The molecule has 0 spiro atoms. The first-order valence-corrected chi connectivity index (χ1v) is 19.9. The predicted molar refractivity (Wildman–Crippen MR) is 207 cm³/mol. The van der Waals surface area contributed by atoms with Crippen molar-refractivity contribution in [2.75, 3.05) is 45.9 Å². The number of hydrogen-bond acceptors (Lipinski definition) is 10. The lowest BCUT2D eigenvalue weighted by molar-refractivity contribution is -0.149. The Balaban J connectivity index is 6.39. The van der Waals surface area contributed by atoms with Gasteiger partial charge < -0.3 is 46.4 Å². The number of unbranched alkanes of at least 4 members (excludes halogenated alkanes) is 1. The summed E-state index contributed by atoms with van der Waals surface area (Å²) in [7, 11) is 4.46. The van der Waals surface area contributed by atoms with Gasteiger partial charge in [-0.05, 0) is 64.0 Å². The van der Waals surface area contributed by atoms with Gasteiger partial charge in [0.05, 0.1) is 5.60 Å². The van der Waals surface area contributed by atoms with Gasteiger partial charge in [0.15, 0.2) is 0 Å². The SMILES string of the molecule is CCCC(=O)N(C)[C@H](CSCCCCC(CO)CO)C(=O)N(C)[C@@H](CC(C)(C)O)C(=O)N[C@H](C(=O)N(C)[C@@H](CC(C)C)C(=O)N[C@H](C)C(N)=O)C(C)C. The molecule has 15 nitrogen and oxygen atoms in total. The number of likely N-dealkylation sites (N-methyl/N-ethyl adjacent to an activating group) is 3. The van der Waals surface area contributed by atoms with Crippen molar-refractivity contribution < 1.29 is 44.1 Å². The summed E-state index contributed by atoms with van der Waals surface area (Å²) in [5.41, 5.74) is 3.94. The molecule has 0 aliphatic carbocycles. The molecule has 0 aromatic heterocycles. The highest BCUT2D eigenvalue weighted by atomic mass is 32.2. The number of aliphatic hydroxyl groups is 3. The topological polar surface area (TPSA) is 223 Å². The van der Waals surface area contributed by atoms with Gasteiger partial charge >= 0.3 is 0 Å². The minimum absolute atomic E-state index is 0.00821. The van der Waals surface area contributed by atoms with Gasteiger partial charge in [-0.3, -0.25) is 28.8 Å². The van der Waals surface area contributed by atoms with Crippen molar-refractivity contribution in [3.63, 3.8) is 0 Å². The zero-order chi connectivity index (χ0) is 41.2. The quantitative estimate of drug-likeness (QED) is 0.0687. The molecule has 0 aliphatic rings. The van der Waals surface area contributed by atoms with Gasteiger partial charge in [0.25, 0.3) is 0 Å². The van der Waals surface area contributed by atoms with Crippen LogP contribution in [0.5, 0.6) is 0 Å². The van der Waals surface area contributed by atoms with Crippen LogP contribution in [0.1, 0.15) is 100 Å². The molecule has 0 bridgehead atoms. The molecule has 0 saturated carbocycles. The largest absolute Gasteiger partial charge is 0.396 e. The van der Waals surface area contributed by atoms with Gasteiger partial charge in [0.1, 0.15) is 30.2 Å². The maximum atomic E-state index is 14.2. The molecule has 53 heavy (non-hydrogen) atoms. The molecular formula is C37H70N6O9S. The Labute approximate surface area is 321 Å². The normalized spacial score (nSPS) is 14.7. The summed E-state index contributed by atoms with van der Waals surface area (Å²) in [5, 5.41) is 34.9. The van der Waals surface area contributed by atoms with Crippen LogP contribution < -0.4 is 16.4 Å². The van der Waals surface area contributed by atoms with Gasteiger partial charge in [0.2, 0.25) is 35.4 Å². The first-order valence-electron chi connectivity index (χ1n) is 18.7. The summed E-state index contributed by atoms with van der Waals surface area (Å²) < 4.78 is 0. The van der Waals surface area contributed by atoms with Crippen molar-refractivity contribution in [2.24, 2.45) is 23.5 Å². The van der Waals surface area contributed by atoms with Gasteiger partial charge in [-0.2, -0.15) is 11.8 Å². The van der Waals surface area contributed by atoms with E-state index in [1.165, 1.54) is 61.3 Å². The van der Waals surface area contributed by atoms with Crippen LogP contribution in [0.4, 0.5) is 0 Å². The zero-order valence-electron chi connectivity index (χ0n) is 34.0. The molecule has 16 heteroatoms. The van der Waals surface area contributed by atoms with Crippen LogP contribution in [0, 0.1) is 17.8 Å². The minimum atomic E-state index is -1.41. The van der Waals surface area contributed by atoms with E-state index in [-0.39, 0.29) is 56.0 Å². The third-order valence-electron chi connectivity index (χ3n) is 9.19. The standard InChI is InChI=1S/C37H70N6O9S/c1-12-15-30(46)41(9)29(22-53-17-14-13-16-26(20-44)21-45)35(50)43(11)28(19-37(7,8)52)34(49)40-31(24(4)5)36(51)42(10)27(18-23(2)3)33(48)39-25(6)32(38)47/h23-29,31,44-45,52H,12-22H2,1-11H3,(H2,38,47)(H,39,48)(H,40,49)/t25-,27+,28+,29-,31+/m1/s1. The second-order valence-electron chi connectivity index (χ2n) is 15.5. The van der Waals surface area contributed by atoms with E-state index in [1.807, 2.05) is 20.8 Å². The maximum Gasteiger partial charge on any atom is 0.246 e. The number of hydrogen-bond donors (Lipinski definition) is 6.